The van der Waals surface area contributed by atoms with Gasteiger partial charge in [-0.25, -0.2) is 0 Å². The van der Waals surface area contributed by atoms with Gasteiger partial charge in [0, 0.05) is 10.9 Å². The van der Waals surface area contributed by atoms with Crippen molar-refractivity contribution in [2.45, 2.75) is 13.0 Å². The highest BCUT2D eigenvalue weighted by Gasteiger charge is 2.39. The molecule has 0 spiro atoms. The van der Waals surface area contributed by atoms with E-state index in [4.69, 9.17) is 21.4 Å². The summed E-state index contributed by atoms with van der Waals surface area (Å²) in [5.41, 5.74) is 3.26. The molecule has 4 heteroatoms. The first-order chi connectivity index (χ1) is 10.2. The Morgan fingerprint density at radius 1 is 1.14 bits per heavy atom. The summed E-state index contributed by atoms with van der Waals surface area (Å²) in [6, 6.07) is 16.2. The van der Waals surface area contributed by atoms with Crippen molar-refractivity contribution in [1.82, 2.24) is 0 Å². The molecule has 21 heavy (non-hydrogen) atoms. The fraction of sp³-hybridized carbons (Fsp3) is 0.235. The number of para-hydroxylation sites is 2. The SMILES string of the molecule is CC1C(c2ccc(Cl)cc2)=NN2c3ccccc3OCC12. The predicted octanol–water partition coefficient (Wildman–Crippen LogP) is 3.96. The van der Waals surface area contributed by atoms with Crippen LogP contribution in [0.2, 0.25) is 5.02 Å². The van der Waals surface area contributed by atoms with Crippen LogP contribution in [0.1, 0.15) is 12.5 Å². The van der Waals surface area contributed by atoms with Gasteiger partial charge in [0.1, 0.15) is 18.0 Å². The first-order valence-electron chi connectivity index (χ1n) is 7.09. The second-order valence-corrected chi connectivity index (χ2v) is 5.91. The van der Waals surface area contributed by atoms with Crippen LogP contribution in [-0.4, -0.2) is 18.4 Å². The standard InChI is InChI=1S/C17H15ClN2O/c1-11-15-10-21-16-5-3-2-4-14(16)20(15)19-17(11)12-6-8-13(18)9-7-12/h2-9,11,15H,10H2,1H3. The van der Waals surface area contributed by atoms with Gasteiger partial charge in [-0.05, 0) is 29.8 Å². The van der Waals surface area contributed by atoms with E-state index in [1.54, 1.807) is 0 Å². The third-order valence-corrected chi connectivity index (χ3v) is 4.45. The van der Waals surface area contributed by atoms with Crippen molar-refractivity contribution in [3.63, 3.8) is 0 Å². The minimum Gasteiger partial charge on any atom is -0.489 e. The van der Waals surface area contributed by atoms with E-state index in [-0.39, 0.29) is 6.04 Å². The highest BCUT2D eigenvalue weighted by Crippen LogP contribution is 2.39. The van der Waals surface area contributed by atoms with E-state index in [0.717, 1.165) is 27.7 Å². The molecule has 2 atom stereocenters. The lowest BCUT2D eigenvalue weighted by Crippen LogP contribution is -2.40. The van der Waals surface area contributed by atoms with E-state index in [0.29, 0.717) is 12.5 Å². The van der Waals surface area contributed by atoms with Gasteiger partial charge in [0.05, 0.1) is 11.8 Å². The number of halogens is 1. The fourth-order valence-corrected chi connectivity index (χ4v) is 3.13. The zero-order valence-electron chi connectivity index (χ0n) is 11.7. The molecule has 2 aromatic carbocycles. The lowest BCUT2D eigenvalue weighted by atomic mass is 9.92. The first kappa shape index (κ1) is 12.7. The number of hydrogen-bond donors (Lipinski definition) is 0. The largest absolute Gasteiger partial charge is 0.489 e. The summed E-state index contributed by atoms with van der Waals surface area (Å²) >= 11 is 5.97. The van der Waals surface area contributed by atoms with Gasteiger partial charge in [0.25, 0.3) is 0 Å². The van der Waals surface area contributed by atoms with Gasteiger partial charge in [0.2, 0.25) is 0 Å². The Balaban J connectivity index is 1.77. The Morgan fingerprint density at radius 3 is 2.71 bits per heavy atom. The first-order valence-corrected chi connectivity index (χ1v) is 7.47. The summed E-state index contributed by atoms with van der Waals surface area (Å²) in [5, 5.41) is 7.71. The monoisotopic (exact) mass is 298 g/mol. The molecule has 4 rings (SSSR count). The highest BCUT2D eigenvalue weighted by molar-refractivity contribution is 6.30. The number of ether oxygens (including phenoxy) is 1. The van der Waals surface area contributed by atoms with Crippen LogP contribution in [0.15, 0.2) is 53.6 Å². The molecule has 0 saturated heterocycles. The van der Waals surface area contributed by atoms with E-state index in [2.05, 4.69) is 18.0 Å². The summed E-state index contributed by atoms with van der Waals surface area (Å²) in [6.45, 7) is 2.87. The second kappa shape index (κ2) is 4.78. The second-order valence-electron chi connectivity index (χ2n) is 5.47. The number of fused-ring (bicyclic) bond motifs is 3. The summed E-state index contributed by atoms with van der Waals surface area (Å²) in [5.74, 6) is 1.22. The van der Waals surface area contributed by atoms with Crippen LogP contribution in [0.4, 0.5) is 5.69 Å². The van der Waals surface area contributed by atoms with E-state index in [1.807, 2.05) is 42.5 Å². The molecule has 2 unspecified atom stereocenters. The normalized spacial score (nSPS) is 23.1. The summed E-state index contributed by atoms with van der Waals surface area (Å²) < 4.78 is 5.87. The number of rotatable bonds is 1. The Hall–Kier alpha value is -2.00. The molecule has 0 aromatic heterocycles. The highest BCUT2D eigenvalue weighted by atomic mass is 35.5. The zero-order valence-corrected chi connectivity index (χ0v) is 12.4. The number of anilines is 1. The number of nitrogens with zero attached hydrogens (tertiary/aromatic N) is 2. The number of hydrogen-bond acceptors (Lipinski definition) is 3. The molecular formula is C17H15ClN2O. The zero-order chi connectivity index (χ0) is 14.4. The maximum absolute atomic E-state index is 5.97. The van der Waals surface area contributed by atoms with Crippen LogP contribution in [0.25, 0.3) is 0 Å². The smallest absolute Gasteiger partial charge is 0.144 e. The lowest BCUT2D eigenvalue weighted by molar-refractivity contribution is 0.253. The lowest BCUT2D eigenvalue weighted by Gasteiger charge is -2.32. The van der Waals surface area contributed by atoms with E-state index >= 15 is 0 Å². The minimum atomic E-state index is 0.255. The Bertz CT molecular complexity index is 711. The molecule has 2 aliphatic rings. The molecule has 0 bridgehead atoms. The number of hydrazone groups is 1. The quantitative estimate of drug-likeness (QED) is 0.796. The Kier molecular flexibility index (Phi) is 2.89. The van der Waals surface area contributed by atoms with Gasteiger partial charge in [-0.1, -0.05) is 42.8 Å². The van der Waals surface area contributed by atoms with Crippen molar-refractivity contribution in [2.24, 2.45) is 11.0 Å². The van der Waals surface area contributed by atoms with Crippen molar-refractivity contribution >= 4 is 23.0 Å². The molecule has 2 aliphatic heterocycles. The average molecular weight is 299 g/mol. The van der Waals surface area contributed by atoms with Gasteiger partial charge in [-0.3, -0.25) is 5.01 Å². The Labute approximate surface area is 128 Å². The fourth-order valence-electron chi connectivity index (χ4n) is 3.01. The molecule has 2 aromatic rings. The van der Waals surface area contributed by atoms with Gasteiger partial charge >= 0.3 is 0 Å². The van der Waals surface area contributed by atoms with Gasteiger partial charge in [-0.15, -0.1) is 0 Å². The van der Waals surface area contributed by atoms with Crippen LogP contribution < -0.4 is 9.75 Å². The molecule has 0 aliphatic carbocycles. The van der Waals surface area contributed by atoms with Crippen molar-refractivity contribution in [3.05, 3.63) is 59.1 Å². The van der Waals surface area contributed by atoms with Crippen molar-refractivity contribution in [2.75, 3.05) is 11.6 Å². The van der Waals surface area contributed by atoms with Crippen LogP contribution in [0.3, 0.4) is 0 Å². The van der Waals surface area contributed by atoms with E-state index in [9.17, 15) is 0 Å². The van der Waals surface area contributed by atoms with Crippen LogP contribution in [-0.2, 0) is 0 Å². The number of benzene rings is 2. The predicted molar refractivity (Wildman–Crippen MR) is 85.4 cm³/mol. The van der Waals surface area contributed by atoms with Crippen molar-refractivity contribution < 1.29 is 4.74 Å². The average Bonchev–Trinajstić information content (AvgIpc) is 2.86. The summed E-state index contributed by atoms with van der Waals surface area (Å²) in [4.78, 5) is 0. The molecule has 0 saturated carbocycles. The molecule has 3 nitrogen and oxygen atoms in total. The van der Waals surface area contributed by atoms with E-state index < -0.39 is 0 Å². The Morgan fingerprint density at radius 2 is 1.90 bits per heavy atom. The maximum Gasteiger partial charge on any atom is 0.144 e. The molecule has 0 fully saturated rings. The van der Waals surface area contributed by atoms with Gasteiger partial charge in [0.15, 0.2) is 0 Å². The topological polar surface area (TPSA) is 24.8 Å². The third-order valence-electron chi connectivity index (χ3n) is 4.20. The minimum absolute atomic E-state index is 0.255. The summed E-state index contributed by atoms with van der Waals surface area (Å²) in [6.07, 6.45) is 0. The molecule has 2 heterocycles. The van der Waals surface area contributed by atoms with Crippen LogP contribution in [0, 0.1) is 5.92 Å². The van der Waals surface area contributed by atoms with E-state index in [1.165, 1.54) is 0 Å². The third kappa shape index (κ3) is 2.00. The maximum atomic E-state index is 5.97. The molecule has 106 valence electrons. The van der Waals surface area contributed by atoms with Crippen LogP contribution >= 0.6 is 11.6 Å². The van der Waals surface area contributed by atoms with Gasteiger partial charge in [-0.2, -0.15) is 5.10 Å². The molecular weight excluding hydrogens is 284 g/mol. The molecule has 0 radical (unpaired) electrons. The molecule has 0 amide bonds. The van der Waals surface area contributed by atoms with Crippen molar-refractivity contribution in [3.8, 4) is 5.75 Å². The van der Waals surface area contributed by atoms with Crippen LogP contribution in [0.5, 0.6) is 5.75 Å². The summed E-state index contributed by atoms with van der Waals surface area (Å²) in [7, 11) is 0. The molecule has 0 N–H and O–H groups in total. The van der Waals surface area contributed by atoms with Gasteiger partial charge < -0.3 is 4.74 Å². The van der Waals surface area contributed by atoms with Crippen molar-refractivity contribution in [1.29, 1.82) is 0 Å².